The SMILES string of the molecule is Cc1cc(C(=O)Cn2cc(S(=O)(=O)N(C)C)ccc2=O)c(C)n1C[C@@H]1COc2ccccc2O1. The van der Waals surface area contributed by atoms with E-state index >= 15 is 0 Å². The van der Waals surface area contributed by atoms with E-state index in [1.165, 1.54) is 26.4 Å². The van der Waals surface area contributed by atoms with Crippen LogP contribution in [0.15, 0.2) is 58.4 Å². The van der Waals surface area contributed by atoms with Crippen LogP contribution in [0.4, 0.5) is 0 Å². The van der Waals surface area contributed by atoms with Crippen LogP contribution in [-0.4, -0.2) is 54.4 Å². The molecule has 0 radical (unpaired) electrons. The Balaban J connectivity index is 1.55. The fourth-order valence-corrected chi connectivity index (χ4v) is 4.88. The van der Waals surface area contributed by atoms with E-state index in [0.29, 0.717) is 30.2 Å². The number of nitrogens with zero attached hydrogens (tertiary/aromatic N) is 3. The number of aryl methyl sites for hydroxylation is 1. The second kappa shape index (κ2) is 9.11. The average Bonchev–Trinajstić information content (AvgIpc) is 3.08. The van der Waals surface area contributed by atoms with Gasteiger partial charge in [0, 0.05) is 43.3 Å². The van der Waals surface area contributed by atoms with Crippen molar-refractivity contribution in [1.29, 1.82) is 0 Å². The third-order valence-electron chi connectivity index (χ3n) is 5.88. The van der Waals surface area contributed by atoms with Gasteiger partial charge >= 0.3 is 0 Å². The molecule has 0 saturated carbocycles. The van der Waals surface area contributed by atoms with Gasteiger partial charge in [0.15, 0.2) is 23.4 Å². The number of benzene rings is 1. The first kappa shape index (κ1) is 23.8. The number of carbonyl (C=O) groups excluding carboxylic acids is 1. The molecule has 0 bridgehead atoms. The van der Waals surface area contributed by atoms with E-state index in [1.807, 2.05) is 42.7 Å². The van der Waals surface area contributed by atoms with Gasteiger partial charge in [-0.25, -0.2) is 12.7 Å². The molecule has 9 nitrogen and oxygen atoms in total. The number of rotatable bonds is 7. The summed E-state index contributed by atoms with van der Waals surface area (Å²) in [5, 5.41) is 0. The molecule has 0 spiro atoms. The highest BCUT2D eigenvalue weighted by molar-refractivity contribution is 7.89. The molecule has 0 unspecified atom stereocenters. The highest BCUT2D eigenvalue weighted by Crippen LogP contribution is 2.31. The topological polar surface area (TPSA) is 99.8 Å². The summed E-state index contributed by atoms with van der Waals surface area (Å²) in [6.07, 6.45) is 0.984. The van der Waals surface area contributed by atoms with Crippen LogP contribution < -0.4 is 15.0 Å². The van der Waals surface area contributed by atoms with E-state index in [4.69, 9.17) is 9.47 Å². The second-order valence-corrected chi connectivity index (χ2v) is 10.6. The van der Waals surface area contributed by atoms with Crippen molar-refractivity contribution in [1.82, 2.24) is 13.4 Å². The van der Waals surface area contributed by atoms with Gasteiger partial charge in [-0.1, -0.05) is 12.1 Å². The molecule has 180 valence electrons. The van der Waals surface area contributed by atoms with E-state index in [-0.39, 0.29) is 23.3 Å². The number of aromatic nitrogens is 2. The number of para-hydroxylation sites is 2. The van der Waals surface area contributed by atoms with Crippen LogP contribution >= 0.6 is 0 Å². The zero-order valence-electron chi connectivity index (χ0n) is 19.5. The van der Waals surface area contributed by atoms with Crippen LogP contribution in [0.25, 0.3) is 0 Å². The Morgan fingerprint density at radius 1 is 1.12 bits per heavy atom. The molecule has 0 aliphatic carbocycles. The number of pyridine rings is 1. The molecule has 4 rings (SSSR count). The number of Topliss-reactive ketones (excluding diaryl/α,β-unsaturated/α-hetero) is 1. The van der Waals surface area contributed by atoms with Gasteiger partial charge in [0.25, 0.3) is 5.56 Å². The predicted octanol–water partition coefficient (Wildman–Crippen LogP) is 2.24. The average molecular weight is 486 g/mol. The quantitative estimate of drug-likeness (QED) is 0.476. The molecule has 0 fully saturated rings. The van der Waals surface area contributed by atoms with Crippen LogP contribution in [0.5, 0.6) is 11.5 Å². The van der Waals surface area contributed by atoms with Gasteiger partial charge in [0.05, 0.1) is 18.0 Å². The van der Waals surface area contributed by atoms with Crippen LogP contribution in [0.3, 0.4) is 0 Å². The second-order valence-electron chi connectivity index (χ2n) is 8.43. The minimum absolute atomic E-state index is 0.0508. The number of ether oxygens (including phenoxy) is 2. The monoisotopic (exact) mass is 485 g/mol. The lowest BCUT2D eigenvalue weighted by atomic mass is 10.1. The molecule has 2 aromatic heterocycles. The lowest BCUT2D eigenvalue weighted by Crippen LogP contribution is -2.33. The number of ketones is 1. The van der Waals surface area contributed by atoms with Gasteiger partial charge in [-0.2, -0.15) is 0 Å². The van der Waals surface area contributed by atoms with E-state index in [1.54, 1.807) is 6.07 Å². The van der Waals surface area contributed by atoms with Crippen LogP contribution in [0, 0.1) is 13.8 Å². The van der Waals surface area contributed by atoms with E-state index in [0.717, 1.165) is 26.3 Å². The van der Waals surface area contributed by atoms with Crippen molar-refractivity contribution in [2.75, 3.05) is 20.7 Å². The van der Waals surface area contributed by atoms with Crippen molar-refractivity contribution < 1.29 is 22.7 Å². The van der Waals surface area contributed by atoms with Gasteiger partial charge in [-0.05, 0) is 38.1 Å². The Hall–Kier alpha value is -3.37. The Morgan fingerprint density at radius 3 is 2.53 bits per heavy atom. The van der Waals surface area contributed by atoms with Crippen molar-refractivity contribution in [2.24, 2.45) is 0 Å². The van der Waals surface area contributed by atoms with E-state index in [2.05, 4.69) is 0 Å². The molecule has 3 aromatic rings. The van der Waals surface area contributed by atoms with Crippen molar-refractivity contribution >= 4 is 15.8 Å². The Morgan fingerprint density at radius 2 is 1.82 bits per heavy atom. The van der Waals surface area contributed by atoms with Gasteiger partial charge in [0.2, 0.25) is 10.0 Å². The van der Waals surface area contributed by atoms with E-state index < -0.39 is 15.6 Å². The Labute approximate surface area is 198 Å². The Bertz CT molecular complexity index is 1400. The van der Waals surface area contributed by atoms with Gasteiger partial charge in [-0.15, -0.1) is 0 Å². The molecule has 3 heterocycles. The van der Waals surface area contributed by atoms with Gasteiger partial charge in [0.1, 0.15) is 6.61 Å². The molecule has 1 atom stereocenters. The van der Waals surface area contributed by atoms with Crippen LogP contribution in [0.2, 0.25) is 0 Å². The van der Waals surface area contributed by atoms with Crippen LogP contribution in [-0.2, 0) is 23.1 Å². The molecule has 0 saturated heterocycles. The smallest absolute Gasteiger partial charge is 0.251 e. The number of carbonyl (C=O) groups is 1. The summed E-state index contributed by atoms with van der Waals surface area (Å²) < 4.78 is 40.9. The first-order valence-electron chi connectivity index (χ1n) is 10.8. The minimum atomic E-state index is -3.73. The first-order chi connectivity index (χ1) is 16.1. The summed E-state index contributed by atoms with van der Waals surface area (Å²) >= 11 is 0. The number of hydrogen-bond donors (Lipinski definition) is 0. The zero-order valence-corrected chi connectivity index (χ0v) is 20.3. The van der Waals surface area contributed by atoms with Crippen molar-refractivity contribution in [2.45, 2.75) is 37.9 Å². The van der Waals surface area contributed by atoms with Gasteiger partial charge in [-0.3, -0.25) is 9.59 Å². The lowest BCUT2D eigenvalue weighted by Gasteiger charge is -2.27. The summed E-state index contributed by atoms with van der Waals surface area (Å²) in [5.41, 5.74) is 1.64. The molecule has 0 amide bonds. The molecule has 1 aromatic carbocycles. The highest BCUT2D eigenvalue weighted by atomic mass is 32.2. The summed E-state index contributed by atoms with van der Waals surface area (Å²) in [6, 6.07) is 11.7. The summed E-state index contributed by atoms with van der Waals surface area (Å²) in [4.78, 5) is 25.4. The fourth-order valence-electron chi connectivity index (χ4n) is 3.96. The molecule has 1 aliphatic rings. The van der Waals surface area contributed by atoms with E-state index in [9.17, 15) is 18.0 Å². The molecule has 1 aliphatic heterocycles. The highest BCUT2D eigenvalue weighted by Gasteiger charge is 2.24. The maximum atomic E-state index is 13.1. The largest absolute Gasteiger partial charge is 0.486 e. The third kappa shape index (κ3) is 4.51. The standard InChI is InChI=1S/C24H27N3O6S/c1-16-11-20(17(2)27(16)12-18-15-32-22-7-5-6-8-23(22)33-18)21(28)14-26-13-19(9-10-24(26)29)34(30,31)25(3)4/h5-11,13,18H,12,14-15H2,1-4H3/t18-/m1/s1. The fraction of sp³-hybridized carbons (Fsp3) is 0.333. The number of fused-ring (bicyclic) bond motifs is 1. The molecule has 10 heteroatoms. The normalized spacial score (nSPS) is 15.5. The molecular formula is C24H27N3O6S. The van der Waals surface area contributed by atoms with Crippen LogP contribution in [0.1, 0.15) is 21.7 Å². The summed E-state index contributed by atoms with van der Waals surface area (Å²) in [6.45, 7) is 4.36. The first-order valence-corrected chi connectivity index (χ1v) is 12.2. The van der Waals surface area contributed by atoms with Crippen molar-refractivity contribution in [3.05, 3.63) is 76.0 Å². The minimum Gasteiger partial charge on any atom is -0.486 e. The lowest BCUT2D eigenvalue weighted by molar-refractivity contribution is 0.0777. The Kier molecular flexibility index (Phi) is 6.37. The maximum absolute atomic E-state index is 13.1. The van der Waals surface area contributed by atoms with Crippen molar-refractivity contribution in [3.63, 3.8) is 0 Å². The molecule has 34 heavy (non-hydrogen) atoms. The third-order valence-corrected chi connectivity index (χ3v) is 7.68. The zero-order chi connectivity index (χ0) is 24.6. The predicted molar refractivity (Wildman–Crippen MR) is 126 cm³/mol. The molecular weight excluding hydrogens is 458 g/mol. The molecule has 0 N–H and O–H groups in total. The number of hydrogen-bond acceptors (Lipinski definition) is 6. The number of sulfonamides is 1. The maximum Gasteiger partial charge on any atom is 0.251 e. The summed E-state index contributed by atoms with van der Waals surface area (Å²) in [5.74, 6) is 1.11. The van der Waals surface area contributed by atoms with Gasteiger partial charge < -0.3 is 18.6 Å². The summed E-state index contributed by atoms with van der Waals surface area (Å²) in [7, 11) is -0.918. The van der Waals surface area contributed by atoms with Crippen molar-refractivity contribution in [3.8, 4) is 11.5 Å².